The number of amides is 1. The van der Waals surface area contributed by atoms with Crippen molar-refractivity contribution in [1.82, 2.24) is 4.90 Å². The fraction of sp³-hybridized carbons (Fsp3) is 0.346. The first kappa shape index (κ1) is 23.5. The van der Waals surface area contributed by atoms with Gasteiger partial charge in [-0.3, -0.25) is 14.4 Å². The zero-order valence-corrected chi connectivity index (χ0v) is 19.2. The number of nitrogens with zero attached hydrogens (tertiary/aromatic N) is 1. The minimum Gasteiger partial charge on any atom is -0.507 e. The summed E-state index contributed by atoms with van der Waals surface area (Å²) in [5.41, 5.74) is 2.06. The van der Waals surface area contributed by atoms with Crippen LogP contribution in [0.1, 0.15) is 42.5 Å². The number of aryl methyl sites for hydroxylation is 1. The van der Waals surface area contributed by atoms with E-state index in [1.807, 2.05) is 6.07 Å². The number of rotatable bonds is 7. The van der Waals surface area contributed by atoms with Crippen LogP contribution in [-0.2, 0) is 25.5 Å². The lowest BCUT2D eigenvalue weighted by Crippen LogP contribution is -2.31. The number of carbonyl (C=O) groups is 3. The van der Waals surface area contributed by atoms with Gasteiger partial charge in [0.25, 0.3) is 11.7 Å². The lowest BCUT2D eigenvalue weighted by molar-refractivity contribution is -0.140. The molecule has 178 valence electrons. The standard InChI is InChI=1S/C26H27NO7/c1-16(28)34-20-9-6-17(7-10-20)23-22(25(30)26(31)27(23)12-4-13-32-2)24(29)19-8-11-21-18(15-19)5-3-14-33-21/h6-11,15,23,29H,3-5,12-14H2,1-2H3/b24-22-. The minimum absolute atomic E-state index is 0.0272. The summed E-state index contributed by atoms with van der Waals surface area (Å²) in [7, 11) is 1.57. The van der Waals surface area contributed by atoms with Gasteiger partial charge in [0, 0.05) is 32.7 Å². The van der Waals surface area contributed by atoms with Gasteiger partial charge < -0.3 is 24.2 Å². The monoisotopic (exact) mass is 465 g/mol. The number of fused-ring (bicyclic) bond motifs is 1. The quantitative estimate of drug-likeness (QED) is 0.167. The van der Waals surface area contributed by atoms with Crippen molar-refractivity contribution in [1.29, 1.82) is 0 Å². The maximum atomic E-state index is 13.1. The molecule has 1 unspecified atom stereocenters. The van der Waals surface area contributed by atoms with Crippen LogP contribution in [0.2, 0.25) is 0 Å². The highest BCUT2D eigenvalue weighted by molar-refractivity contribution is 6.46. The molecule has 1 N–H and O–H groups in total. The van der Waals surface area contributed by atoms with Crippen molar-refractivity contribution in [3.05, 3.63) is 64.7 Å². The van der Waals surface area contributed by atoms with Crippen LogP contribution in [0.5, 0.6) is 11.5 Å². The Bertz CT molecular complexity index is 1140. The number of ether oxygens (including phenoxy) is 3. The van der Waals surface area contributed by atoms with Crippen LogP contribution >= 0.6 is 0 Å². The van der Waals surface area contributed by atoms with Gasteiger partial charge in [0.05, 0.1) is 18.2 Å². The summed E-state index contributed by atoms with van der Waals surface area (Å²) in [4.78, 5) is 38.8. The van der Waals surface area contributed by atoms with E-state index in [4.69, 9.17) is 14.2 Å². The van der Waals surface area contributed by atoms with E-state index < -0.39 is 23.7 Å². The highest BCUT2D eigenvalue weighted by Crippen LogP contribution is 2.40. The van der Waals surface area contributed by atoms with Crippen molar-refractivity contribution >= 4 is 23.4 Å². The van der Waals surface area contributed by atoms with Crippen LogP contribution in [0.25, 0.3) is 5.76 Å². The number of ketones is 1. The topological polar surface area (TPSA) is 102 Å². The van der Waals surface area contributed by atoms with E-state index in [1.165, 1.54) is 11.8 Å². The molecule has 2 aromatic rings. The number of likely N-dealkylation sites (tertiary alicyclic amines) is 1. The van der Waals surface area contributed by atoms with E-state index in [0.717, 1.165) is 24.2 Å². The van der Waals surface area contributed by atoms with Gasteiger partial charge in [0.1, 0.15) is 17.3 Å². The van der Waals surface area contributed by atoms with Gasteiger partial charge in [-0.1, -0.05) is 12.1 Å². The van der Waals surface area contributed by atoms with E-state index in [-0.39, 0.29) is 17.9 Å². The van der Waals surface area contributed by atoms with E-state index in [2.05, 4.69) is 0 Å². The second-order valence-electron chi connectivity index (χ2n) is 8.28. The van der Waals surface area contributed by atoms with Crippen molar-refractivity contribution in [2.45, 2.75) is 32.2 Å². The first-order valence-corrected chi connectivity index (χ1v) is 11.2. The predicted molar refractivity (Wildman–Crippen MR) is 124 cm³/mol. The zero-order valence-electron chi connectivity index (χ0n) is 19.2. The fourth-order valence-electron chi connectivity index (χ4n) is 4.38. The Morgan fingerprint density at radius 3 is 2.65 bits per heavy atom. The number of hydrogen-bond acceptors (Lipinski definition) is 7. The maximum Gasteiger partial charge on any atom is 0.308 e. The van der Waals surface area contributed by atoms with Gasteiger partial charge in [-0.05, 0) is 60.7 Å². The molecule has 0 spiro atoms. The second-order valence-corrected chi connectivity index (χ2v) is 8.28. The molecule has 0 aliphatic carbocycles. The summed E-state index contributed by atoms with van der Waals surface area (Å²) in [6.45, 7) is 2.66. The van der Waals surface area contributed by atoms with Gasteiger partial charge in [-0.25, -0.2) is 0 Å². The molecule has 0 aromatic heterocycles. The van der Waals surface area contributed by atoms with Crippen LogP contribution < -0.4 is 9.47 Å². The molecule has 34 heavy (non-hydrogen) atoms. The Morgan fingerprint density at radius 1 is 1.18 bits per heavy atom. The van der Waals surface area contributed by atoms with Crippen molar-refractivity contribution in [2.75, 3.05) is 26.9 Å². The van der Waals surface area contributed by atoms with Gasteiger partial charge in [0.2, 0.25) is 0 Å². The SMILES string of the molecule is COCCCN1C(=O)C(=O)/C(=C(\O)c2ccc3c(c2)CCCO3)C1c1ccc(OC(C)=O)cc1. The summed E-state index contributed by atoms with van der Waals surface area (Å²) < 4.78 is 15.9. The Hall–Kier alpha value is -3.65. The molecular weight excluding hydrogens is 438 g/mol. The van der Waals surface area contributed by atoms with Crippen LogP contribution in [-0.4, -0.2) is 54.5 Å². The highest BCUT2D eigenvalue weighted by Gasteiger charge is 2.45. The molecule has 1 fully saturated rings. The number of methoxy groups -OCH3 is 1. The van der Waals surface area contributed by atoms with E-state index in [0.29, 0.717) is 36.5 Å². The van der Waals surface area contributed by atoms with E-state index >= 15 is 0 Å². The molecule has 1 saturated heterocycles. The van der Waals surface area contributed by atoms with Crippen LogP contribution in [0, 0.1) is 0 Å². The second kappa shape index (κ2) is 10.1. The van der Waals surface area contributed by atoms with Gasteiger partial charge in [-0.15, -0.1) is 0 Å². The van der Waals surface area contributed by atoms with Crippen molar-refractivity contribution in [3.8, 4) is 11.5 Å². The van der Waals surface area contributed by atoms with Crippen LogP contribution in [0.4, 0.5) is 0 Å². The smallest absolute Gasteiger partial charge is 0.308 e. The molecule has 0 radical (unpaired) electrons. The Kier molecular flexibility index (Phi) is 6.98. The summed E-state index contributed by atoms with van der Waals surface area (Å²) in [5.74, 6) is -0.974. The molecule has 1 atom stereocenters. The maximum absolute atomic E-state index is 13.1. The molecule has 8 heteroatoms. The Morgan fingerprint density at radius 2 is 1.94 bits per heavy atom. The summed E-state index contributed by atoms with van der Waals surface area (Å²) >= 11 is 0. The van der Waals surface area contributed by atoms with Crippen molar-refractivity contribution in [3.63, 3.8) is 0 Å². The average molecular weight is 466 g/mol. The number of benzene rings is 2. The molecule has 2 aliphatic rings. The number of hydrogen-bond donors (Lipinski definition) is 1. The number of esters is 1. The Labute approximate surface area is 197 Å². The third-order valence-corrected chi connectivity index (χ3v) is 5.93. The molecule has 0 bridgehead atoms. The van der Waals surface area contributed by atoms with E-state index in [1.54, 1.807) is 43.5 Å². The molecule has 4 rings (SSSR count). The van der Waals surface area contributed by atoms with Gasteiger partial charge in [-0.2, -0.15) is 0 Å². The van der Waals surface area contributed by atoms with E-state index in [9.17, 15) is 19.5 Å². The molecule has 8 nitrogen and oxygen atoms in total. The normalized spacial score (nSPS) is 19.0. The van der Waals surface area contributed by atoms with Crippen LogP contribution in [0.15, 0.2) is 48.0 Å². The first-order valence-electron chi connectivity index (χ1n) is 11.2. The molecule has 1 amide bonds. The first-order chi connectivity index (χ1) is 16.4. The van der Waals surface area contributed by atoms with Crippen LogP contribution in [0.3, 0.4) is 0 Å². The zero-order chi connectivity index (χ0) is 24.2. The number of Topliss-reactive ketones (excluding diaryl/α,β-unsaturated/α-hetero) is 1. The predicted octanol–water partition coefficient (Wildman–Crippen LogP) is 3.40. The third-order valence-electron chi connectivity index (χ3n) is 5.93. The number of carbonyl (C=O) groups excluding carboxylic acids is 3. The highest BCUT2D eigenvalue weighted by atomic mass is 16.5. The van der Waals surface area contributed by atoms with Crippen molar-refractivity contribution in [2.24, 2.45) is 0 Å². The summed E-state index contributed by atoms with van der Waals surface area (Å²) in [6.07, 6.45) is 2.21. The average Bonchev–Trinajstić information content (AvgIpc) is 3.08. The number of aliphatic hydroxyl groups excluding tert-OH is 1. The molecule has 0 saturated carbocycles. The number of aliphatic hydroxyl groups is 1. The third kappa shape index (κ3) is 4.68. The minimum atomic E-state index is -0.782. The Balaban J connectivity index is 1.77. The summed E-state index contributed by atoms with van der Waals surface area (Å²) in [6, 6.07) is 11.1. The molecule has 2 aromatic carbocycles. The molecule has 2 heterocycles. The lowest BCUT2D eigenvalue weighted by atomic mass is 9.94. The fourth-order valence-corrected chi connectivity index (χ4v) is 4.38. The van der Waals surface area contributed by atoms with Gasteiger partial charge >= 0.3 is 5.97 Å². The summed E-state index contributed by atoms with van der Waals surface area (Å²) in [5, 5.41) is 11.2. The largest absolute Gasteiger partial charge is 0.507 e. The lowest BCUT2D eigenvalue weighted by Gasteiger charge is -2.25. The molecule has 2 aliphatic heterocycles. The van der Waals surface area contributed by atoms with Gasteiger partial charge in [0.15, 0.2) is 0 Å². The molecular formula is C26H27NO7. The van der Waals surface area contributed by atoms with Crippen molar-refractivity contribution < 1.29 is 33.7 Å².